The summed E-state index contributed by atoms with van der Waals surface area (Å²) in [5.74, 6) is 0.176. The molecule has 0 fully saturated rings. The van der Waals surface area contributed by atoms with Gasteiger partial charge in [0.05, 0.1) is 6.61 Å². The molecule has 0 aromatic heterocycles. The molecule has 25 heavy (non-hydrogen) atoms. The van der Waals surface area contributed by atoms with Crippen LogP contribution in [-0.2, 0) is 9.53 Å². The van der Waals surface area contributed by atoms with Crippen molar-refractivity contribution in [2.45, 2.75) is 71.6 Å². The van der Waals surface area contributed by atoms with Crippen molar-refractivity contribution in [3.63, 3.8) is 0 Å². The highest BCUT2D eigenvalue weighted by Crippen LogP contribution is 2.16. The Morgan fingerprint density at radius 2 is 1.48 bits per heavy atom. The summed E-state index contributed by atoms with van der Waals surface area (Å²) >= 11 is 0. The summed E-state index contributed by atoms with van der Waals surface area (Å²) < 4.78 is 10.2. The van der Waals surface area contributed by atoms with E-state index in [1.165, 1.54) is 38.5 Å². The van der Waals surface area contributed by atoms with Crippen LogP contribution in [0.2, 0.25) is 0 Å². The minimum atomic E-state index is -0.457. The van der Waals surface area contributed by atoms with Crippen LogP contribution < -0.4 is 10.1 Å². The number of hydrogen-bond donors (Lipinski definition) is 1. The summed E-state index contributed by atoms with van der Waals surface area (Å²) in [6.45, 7) is 4.39. The first-order valence-electron chi connectivity index (χ1n) is 9.40. The van der Waals surface area contributed by atoms with Crippen molar-refractivity contribution in [1.29, 1.82) is 0 Å². The molecule has 0 unspecified atom stereocenters. The van der Waals surface area contributed by atoms with Gasteiger partial charge < -0.3 is 9.47 Å². The molecule has 1 rings (SSSR count). The fourth-order valence-corrected chi connectivity index (χ4v) is 2.36. The monoisotopic (exact) mass is 349 g/mol. The molecule has 0 saturated heterocycles. The second kappa shape index (κ2) is 13.3. The molecular formula is C20H31NO4. The van der Waals surface area contributed by atoms with Gasteiger partial charge in [-0.25, -0.2) is 4.79 Å². The molecule has 0 atom stereocenters. The minimum absolute atomic E-state index is 0.287. The minimum Gasteiger partial charge on any atom is -0.449 e. The summed E-state index contributed by atoms with van der Waals surface area (Å²) in [4.78, 5) is 22.9. The predicted octanol–water partition coefficient (Wildman–Crippen LogP) is 5.69. The van der Waals surface area contributed by atoms with E-state index in [1.807, 2.05) is 0 Å². The van der Waals surface area contributed by atoms with Crippen molar-refractivity contribution in [2.75, 3.05) is 11.9 Å². The number of anilines is 1. The maximum atomic E-state index is 11.7. The lowest BCUT2D eigenvalue weighted by Crippen LogP contribution is -2.14. The van der Waals surface area contributed by atoms with Crippen LogP contribution >= 0.6 is 0 Å². The molecule has 1 aromatic carbocycles. The van der Waals surface area contributed by atoms with Gasteiger partial charge in [-0.3, -0.25) is 10.1 Å². The molecule has 0 saturated carbocycles. The zero-order chi connectivity index (χ0) is 18.3. The van der Waals surface area contributed by atoms with Gasteiger partial charge in [0, 0.05) is 12.1 Å². The van der Waals surface area contributed by atoms with Gasteiger partial charge >= 0.3 is 12.1 Å². The number of carbonyl (C=O) groups excluding carboxylic acids is 2. The Hall–Kier alpha value is -2.04. The molecule has 0 aliphatic rings. The Morgan fingerprint density at radius 3 is 2.08 bits per heavy atom. The van der Waals surface area contributed by atoms with Gasteiger partial charge in [0.2, 0.25) is 0 Å². The number of esters is 1. The van der Waals surface area contributed by atoms with Crippen LogP contribution in [0.25, 0.3) is 0 Å². The molecule has 1 amide bonds. The molecule has 0 aliphatic carbocycles. The molecule has 5 heteroatoms. The van der Waals surface area contributed by atoms with Gasteiger partial charge in [-0.15, -0.1) is 0 Å². The Morgan fingerprint density at radius 1 is 0.880 bits per heavy atom. The van der Waals surface area contributed by atoms with Crippen LogP contribution in [0.1, 0.15) is 71.6 Å². The van der Waals surface area contributed by atoms with Crippen LogP contribution in [-0.4, -0.2) is 18.7 Å². The van der Waals surface area contributed by atoms with Crippen LogP contribution in [0.4, 0.5) is 10.5 Å². The van der Waals surface area contributed by atoms with E-state index in [0.717, 1.165) is 12.8 Å². The quantitative estimate of drug-likeness (QED) is 0.299. The van der Waals surface area contributed by atoms with Crippen molar-refractivity contribution in [2.24, 2.45) is 0 Å². The fourth-order valence-electron chi connectivity index (χ4n) is 2.36. The Labute approximate surface area is 151 Å². The van der Waals surface area contributed by atoms with Gasteiger partial charge in [-0.1, -0.05) is 58.8 Å². The highest BCUT2D eigenvalue weighted by molar-refractivity contribution is 5.84. The highest BCUT2D eigenvalue weighted by atomic mass is 16.5. The third kappa shape index (κ3) is 10.4. The molecule has 1 N–H and O–H groups in total. The molecule has 0 spiro atoms. The maximum Gasteiger partial charge on any atom is 0.411 e. The largest absolute Gasteiger partial charge is 0.449 e. The fraction of sp³-hybridized carbons (Fsp3) is 0.600. The summed E-state index contributed by atoms with van der Waals surface area (Å²) in [7, 11) is 0. The van der Waals surface area contributed by atoms with E-state index in [9.17, 15) is 9.59 Å². The van der Waals surface area contributed by atoms with Crippen molar-refractivity contribution in [1.82, 2.24) is 0 Å². The highest BCUT2D eigenvalue weighted by Gasteiger charge is 2.05. The molecule has 1 aromatic rings. The van der Waals surface area contributed by atoms with Gasteiger partial charge in [-0.2, -0.15) is 0 Å². The first kappa shape index (κ1) is 21.0. The normalized spacial score (nSPS) is 10.3. The first-order chi connectivity index (χ1) is 12.2. The predicted molar refractivity (Wildman–Crippen MR) is 99.9 cm³/mol. The third-order valence-corrected chi connectivity index (χ3v) is 3.85. The smallest absolute Gasteiger partial charge is 0.411 e. The van der Waals surface area contributed by atoms with Crippen LogP contribution in [0, 0.1) is 0 Å². The third-order valence-electron chi connectivity index (χ3n) is 3.85. The van der Waals surface area contributed by atoms with Crippen LogP contribution in [0.3, 0.4) is 0 Å². The standard InChI is InChI=1S/C20H31NO4/c1-3-5-6-7-8-9-10-11-16-24-20(23)21-17-12-14-18(15-13-17)25-19(22)4-2/h12-15H,3-11,16H2,1-2H3,(H,21,23). The molecule has 0 bridgehead atoms. The van der Waals surface area contributed by atoms with Gasteiger partial charge in [0.25, 0.3) is 0 Å². The van der Waals surface area contributed by atoms with E-state index < -0.39 is 6.09 Å². The molecule has 140 valence electrons. The number of amides is 1. The second-order valence-corrected chi connectivity index (χ2v) is 6.09. The summed E-state index contributed by atoms with van der Waals surface area (Å²) in [5.41, 5.74) is 0.609. The topological polar surface area (TPSA) is 64.6 Å². The van der Waals surface area contributed by atoms with Crippen molar-refractivity contribution >= 4 is 17.7 Å². The number of ether oxygens (including phenoxy) is 2. The summed E-state index contributed by atoms with van der Waals surface area (Å²) in [6.07, 6.45) is 9.55. The molecule has 0 radical (unpaired) electrons. The van der Waals surface area contributed by atoms with Crippen LogP contribution in [0.5, 0.6) is 5.75 Å². The average molecular weight is 349 g/mol. The van der Waals surface area contributed by atoms with Crippen molar-refractivity contribution in [3.8, 4) is 5.75 Å². The summed E-state index contributed by atoms with van der Waals surface area (Å²) in [6, 6.07) is 6.63. The van der Waals surface area contributed by atoms with E-state index >= 15 is 0 Å². The average Bonchev–Trinajstić information content (AvgIpc) is 2.62. The SMILES string of the molecule is CCCCCCCCCCOC(=O)Nc1ccc(OC(=O)CC)cc1. The number of unbranched alkanes of at least 4 members (excludes halogenated alkanes) is 7. The molecule has 5 nitrogen and oxygen atoms in total. The first-order valence-corrected chi connectivity index (χ1v) is 9.40. The Balaban J connectivity index is 2.11. The lowest BCUT2D eigenvalue weighted by Gasteiger charge is -2.08. The summed E-state index contributed by atoms with van der Waals surface area (Å²) in [5, 5.41) is 2.66. The number of hydrogen-bond acceptors (Lipinski definition) is 4. The molecule has 0 aliphatic heterocycles. The number of benzene rings is 1. The Kier molecular flexibility index (Phi) is 11.2. The number of rotatable bonds is 12. The van der Waals surface area contributed by atoms with Gasteiger partial charge in [0.1, 0.15) is 5.75 Å². The lowest BCUT2D eigenvalue weighted by atomic mass is 10.1. The lowest BCUT2D eigenvalue weighted by molar-refractivity contribution is -0.134. The van der Waals surface area contributed by atoms with E-state index in [4.69, 9.17) is 9.47 Å². The Bertz CT molecular complexity index is 499. The molecule has 0 heterocycles. The number of nitrogens with one attached hydrogen (secondary N) is 1. The van der Waals surface area contributed by atoms with Crippen LogP contribution in [0.15, 0.2) is 24.3 Å². The zero-order valence-electron chi connectivity index (χ0n) is 15.5. The van der Waals surface area contributed by atoms with Gasteiger partial charge in [-0.05, 0) is 30.7 Å². The van der Waals surface area contributed by atoms with E-state index in [2.05, 4.69) is 12.2 Å². The maximum absolute atomic E-state index is 11.7. The van der Waals surface area contributed by atoms with E-state index in [0.29, 0.717) is 24.5 Å². The van der Waals surface area contributed by atoms with Crippen molar-refractivity contribution in [3.05, 3.63) is 24.3 Å². The van der Waals surface area contributed by atoms with Gasteiger partial charge in [0.15, 0.2) is 0 Å². The van der Waals surface area contributed by atoms with E-state index in [-0.39, 0.29) is 5.97 Å². The van der Waals surface area contributed by atoms with E-state index in [1.54, 1.807) is 31.2 Å². The molecular weight excluding hydrogens is 318 g/mol. The second-order valence-electron chi connectivity index (χ2n) is 6.09. The zero-order valence-corrected chi connectivity index (χ0v) is 15.5. The number of carbonyl (C=O) groups is 2. The van der Waals surface area contributed by atoms with Crippen molar-refractivity contribution < 1.29 is 19.1 Å².